The van der Waals surface area contributed by atoms with E-state index in [1.807, 2.05) is 32.0 Å². The number of nitrogens with zero attached hydrogens (tertiary/aromatic N) is 1. The van der Waals surface area contributed by atoms with Gasteiger partial charge in [0.15, 0.2) is 0 Å². The molecule has 3 nitrogen and oxygen atoms in total. The van der Waals surface area contributed by atoms with Crippen LogP contribution < -0.4 is 10.1 Å². The molecule has 2 aromatic rings. The molecule has 0 aliphatic carbocycles. The molecule has 0 aliphatic heterocycles. The molecule has 20 heavy (non-hydrogen) atoms. The van der Waals surface area contributed by atoms with Crippen LogP contribution in [0, 0.1) is 25.2 Å². The number of rotatable bonds is 3. The summed E-state index contributed by atoms with van der Waals surface area (Å²) in [6, 6.07) is 11.5. The Balaban J connectivity index is 2.47. The van der Waals surface area contributed by atoms with Gasteiger partial charge >= 0.3 is 0 Å². The second kappa shape index (κ2) is 5.85. The molecule has 0 aromatic heterocycles. The zero-order valence-corrected chi connectivity index (χ0v) is 12.4. The molecule has 0 fully saturated rings. The van der Waals surface area contributed by atoms with E-state index in [0.717, 1.165) is 22.5 Å². The number of nitriles is 1. The number of benzene rings is 2. The number of aryl methyl sites for hydroxylation is 2. The highest BCUT2D eigenvalue weighted by atomic mass is 35.5. The summed E-state index contributed by atoms with van der Waals surface area (Å²) in [5.74, 6) is 0.644. The lowest BCUT2D eigenvalue weighted by Gasteiger charge is -2.14. The molecule has 0 atom stereocenters. The molecule has 0 unspecified atom stereocenters. The second-order valence-electron chi connectivity index (χ2n) is 4.59. The zero-order valence-electron chi connectivity index (χ0n) is 11.6. The van der Waals surface area contributed by atoms with Gasteiger partial charge in [-0.25, -0.2) is 0 Å². The van der Waals surface area contributed by atoms with Gasteiger partial charge in [0.05, 0.1) is 24.0 Å². The number of nitrogens with one attached hydrogen (secondary N) is 1. The lowest BCUT2D eigenvalue weighted by molar-refractivity contribution is 0.417. The maximum absolute atomic E-state index is 9.17. The van der Waals surface area contributed by atoms with E-state index in [1.165, 1.54) is 0 Å². The molecule has 0 amide bonds. The van der Waals surface area contributed by atoms with Crippen molar-refractivity contribution >= 4 is 23.0 Å². The van der Waals surface area contributed by atoms with Gasteiger partial charge in [-0.1, -0.05) is 17.7 Å². The molecule has 4 heteroatoms. The monoisotopic (exact) mass is 286 g/mol. The van der Waals surface area contributed by atoms with Crippen LogP contribution in [0.5, 0.6) is 5.75 Å². The van der Waals surface area contributed by atoms with Crippen LogP contribution in [0.2, 0.25) is 5.02 Å². The summed E-state index contributed by atoms with van der Waals surface area (Å²) in [7, 11) is 1.59. The van der Waals surface area contributed by atoms with Gasteiger partial charge in [-0.2, -0.15) is 5.26 Å². The highest BCUT2D eigenvalue weighted by Crippen LogP contribution is 2.34. The molecule has 0 radical (unpaired) electrons. The molecule has 0 aliphatic rings. The van der Waals surface area contributed by atoms with Gasteiger partial charge < -0.3 is 10.1 Å². The van der Waals surface area contributed by atoms with Crippen molar-refractivity contribution in [2.45, 2.75) is 13.8 Å². The SMILES string of the molecule is COc1cc(Cl)c(C)cc1Nc1cc(C)ccc1C#N. The average molecular weight is 287 g/mol. The van der Waals surface area contributed by atoms with Crippen molar-refractivity contribution in [2.75, 3.05) is 12.4 Å². The highest BCUT2D eigenvalue weighted by Gasteiger charge is 2.09. The number of anilines is 2. The lowest BCUT2D eigenvalue weighted by Crippen LogP contribution is -1.98. The Morgan fingerprint density at radius 2 is 1.90 bits per heavy atom. The fourth-order valence-electron chi connectivity index (χ4n) is 1.93. The van der Waals surface area contributed by atoms with Crippen LogP contribution in [-0.4, -0.2) is 7.11 Å². The first kappa shape index (κ1) is 14.2. The van der Waals surface area contributed by atoms with E-state index in [2.05, 4.69) is 11.4 Å². The summed E-state index contributed by atoms with van der Waals surface area (Å²) in [5, 5.41) is 13.1. The van der Waals surface area contributed by atoms with E-state index in [9.17, 15) is 5.26 Å². The van der Waals surface area contributed by atoms with Crippen molar-refractivity contribution in [3.05, 3.63) is 52.0 Å². The van der Waals surface area contributed by atoms with Crippen molar-refractivity contribution in [3.63, 3.8) is 0 Å². The molecule has 0 spiro atoms. The van der Waals surface area contributed by atoms with Gasteiger partial charge in [-0.05, 0) is 43.2 Å². The fourth-order valence-corrected chi connectivity index (χ4v) is 2.09. The first-order chi connectivity index (χ1) is 9.55. The molecule has 2 aromatic carbocycles. The summed E-state index contributed by atoms with van der Waals surface area (Å²) in [5.41, 5.74) is 4.16. The van der Waals surface area contributed by atoms with Gasteiger partial charge in [-0.15, -0.1) is 0 Å². The molecule has 1 N–H and O–H groups in total. The second-order valence-corrected chi connectivity index (χ2v) is 4.99. The largest absolute Gasteiger partial charge is 0.495 e. The van der Waals surface area contributed by atoms with E-state index in [1.54, 1.807) is 19.2 Å². The van der Waals surface area contributed by atoms with Gasteiger partial charge in [0.1, 0.15) is 11.8 Å². The zero-order chi connectivity index (χ0) is 14.7. The van der Waals surface area contributed by atoms with Crippen LogP contribution in [0.3, 0.4) is 0 Å². The van der Waals surface area contributed by atoms with E-state index in [4.69, 9.17) is 16.3 Å². The average Bonchev–Trinajstić information content (AvgIpc) is 2.43. The van der Waals surface area contributed by atoms with Crippen molar-refractivity contribution in [3.8, 4) is 11.8 Å². The van der Waals surface area contributed by atoms with E-state index >= 15 is 0 Å². The van der Waals surface area contributed by atoms with E-state index in [0.29, 0.717) is 16.3 Å². The number of methoxy groups -OCH3 is 1. The van der Waals surface area contributed by atoms with Crippen molar-refractivity contribution in [1.29, 1.82) is 5.26 Å². The first-order valence-corrected chi connectivity index (χ1v) is 6.55. The van der Waals surface area contributed by atoms with Crippen molar-refractivity contribution < 1.29 is 4.74 Å². The smallest absolute Gasteiger partial charge is 0.143 e. The van der Waals surface area contributed by atoms with Crippen LogP contribution in [0.1, 0.15) is 16.7 Å². The molecular formula is C16H15ClN2O. The molecule has 0 heterocycles. The van der Waals surface area contributed by atoms with Gasteiger partial charge in [0, 0.05) is 11.1 Å². The Morgan fingerprint density at radius 1 is 1.15 bits per heavy atom. The third-order valence-electron chi connectivity index (χ3n) is 3.05. The third-order valence-corrected chi connectivity index (χ3v) is 3.45. The Labute approximate surface area is 123 Å². The van der Waals surface area contributed by atoms with Crippen LogP contribution in [0.25, 0.3) is 0 Å². The molecule has 2 rings (SSSR count). The Bertz CT molecular complexity index is 690. The predicted molar refractivity (Wildman–Crippen MR) is 81.9 cm³/mol. The molecule has 0 saturated heterocycles. The quantitative estimate of drug-likeness (QED) is 0.898. The molecular weight excluding hydrogens is 272 g/mol. The van der Waals surface area contributed by atoms with E-state index < -0.39 is 0 Å². The van der Waals surface area contributed by atoms with Crippen LogP contribution in [0.15, 0.2) is 30.3 Å². The number of ether oxygens (including phenoxy) is 1. The fraction of sp³-hybridized carbons (Fsp3) is 0.188. The number of hydrogen-bond acceptors (Lipinski definition) is 3. The minimum absolute atomic E-state index is 0.588. The number of hydrogen-bond donors (Lipinski definition) is 1. The van der Waals surface area contributed by atoms with Crippen molar-refractivity contribution in [2.24, 2.45) is 0 Å². The van der Waals surface area contributed by atoms with Crippen molar-refractivity contribution in [1.82, 2.24) is 0 Å². The number of halogens is 1. The normalized spacial score (nSPS) is 9.95. The molecule has 102 valence electrons. The summed E-state index contributed by atoms with van der Waals surface area (Å²) in [6.07, 6.45) is 0. The van der Waals surface area contributed by atoms with Gasteiger partial charge in [0.25, 0.3) is 0 Å². The predicted octanol–water partition coefficient (Wildman–Crippen LogP) is 4.58. The third kappa shape index (κ3) is 2.87. The van der Waals surface area contributed by atoms with E-state index in [-0.39, 0.29) is 0 Å². The van der Waals surface area contributed by atoms with Crippen LogP contribution >= 0.6 is 11.6 Å². The maximum Gasteiger partial charge on any atom is 0.143 e. The Hall–Kier alpha value is -2.18. The van der Waals surface area contributed by atoms with Gasteiger partial charge in [-0.3, -0.25) is 0 Å². The van der Waals surface area contributed by atoms with Gasteiger partial charge in [0.2, 0.25) is 0 Å². The first-order valence-electron chi connectivity index (χ1n) is 6.17. The standard InChI is InChI=1S/C16H15ClN2O/c1-10-4-5-12(9-18)14(6-10)19-15-7-11(2)13(17)8-16(15)20-3/h4-8,19H,1-3H3. The lowest BCUT2D eigenvalue weighted by atomic mass is 10.1. The Kier molecular flexibility index (Phi) is 4.16. The minimum atomic E-state index is 0.588. The van der Waals surface area contributed by atoms with Crippen LogP contribution in [-0.2, 0) is 0 Å². The highest BCUT2D eigenvalue weighted by molar-refractivity contribution is 6.31. The molecule has 0 saturated carbocycles. The summed E-state index contributed by atoms with van der Waals surface area (Å²) >= 11 is 6.09. The summed E-state index contributed by atoms with van der Waals surface area (Å²) in [4.78, 5) is 0. The van der Waals surface area contributed by atoms with Crippen LogP contribution in [0.4, 0.5) is 11.4 Å². The Morgan fingerprint density at radius 3 is 2.55 bits per heavy atom. The summed E-state index contributed by atoms with van der Waals surface area (Å²) in [6.45, 7) is 3.91. The maximum atomic E-state index is 9.17. The minimum Gasteiger partial charge on any atom is -0.495 e. The summed E-state index contributed by atoms with van der Waals surface area (Å²) < 4.78 is 5.33. The molecule has 0 bridgehead atoms. The topological polar surface area (TPSA) is 45.0 Å².